The minimum Gasteiger partial charge on any atom is -0.264 e. The molecule has 0 aliphatic carbocycles. The Morgan fingerprint density at radius 3 is 2.00 bits per heavy atom. The van der Waals surface area contributed by atoms with Crippen molar-refractivity contribution in [2.24, 2.45) is 0 Å². The van der Waals surface area contributed by atoms with Crippen molar-refractivity contribution < 1.29 is 0 Å². The molecule has 0 radical (unpaired) electrons. The Hall–Kier alpha value is -1.54. The van der Waals surface area contributed by atoms with Gasteiger partial charge in [-0.3, -0.25) is 4.98 Å². The largest absolute Gasteiger partial charge is 0.264 e. The Kier molecular flexibility index (Phi) is 8.79. The van der Waals surface area contributed by atoms with Gasteiger partial charge in [-0.05, 0) is 30.0 Å². The van der Waals surface area contributed by atoms with Crippen molar-refractivity contribution in [3.8, 4) is 11.1 Å². The lowest BCUT2D eigenvalue weighted by Gasteiger charge is -2.00. The van der Waals surface area contributed by atoms with Crippen LogP contribution in [-0.2, 0) is 0 Å². The summed E-state index contributed by atoms with van der Waals surface area (Å²) in [5.41, 5.74) is 3.67. The molecule has 1 heterocycles. The van der Waals surface area contributed by atoms with Crippen molar-refractivity contribution in [3.63, 3.8) is 0 Å². The van der Waals surface area contributed by atoms with Gasteiger partial charge in [-0.25, -0.2) is 0 Å². The van der Waals surface area contributed by atoms with Crippen LogP contribution in [0.3, 0.4) is 0 Å². The summed E-state index contributed by atoms with van der Waals surface area (Å²) in [6, 6.07) is 12.5. The maximum atomic E-state index is 4.08. The summed E-state index contributed by atoms with van der Waals surface area (Å²) >= 11 is 3.83. The molecule has 0 saturated heterocycles. The van der Waals surface area contributed by atoms with Gasteiger partial charge in [0, 0.05) is 12.4 Å². The van der Waals surface area contributed by atoms with Gasteiger partial charge >= 0.3 is 0 Å². The van der Waals surface area contributed by atoms with E-state index in [9.17, 15) is 0 Å². The standard InChI is InChI=1S/C12H11N.C2H6.CH2S/c1-10-4-6-11(7-5-10)12-3-2-8-13-9-12;2*1-2/h2-9H,1H3;1-2H3;1H2. The molecule has 0 atom stereocenters. The highest BCUT2D eigenvalue weighted by Crippen LogP contribution is 2.17. The van der Waals surface area contributed by atoms with E-state index >= 15 is 0 Å². The van der Waals surface area contributed by atoms with Crippen LogP contribution in [-0.4, -0.2) is 10.9 Å². The molecule has 1 aromatic heterocycles. The van der Waals surface area contributed by atoms with E-state index in [1.54, 1.807) is 6.20 Å². The highest BCUT2D eigenvalue weighted by molar-refractivity contribution is 7.77. The molecule has 2 heteroatoms. The second kappa shape index (κ2) is 9.67. The summed E-state index contributed by atoms with van der Waals surface area (Å²) in [5.74, 6) is 2.83. The normalized spacial score (nSPS) is 8.18. The Bertz CT molecular complexity index is 395. The maximum absolute atomic E-state index is 4.08. The third-order valence-corrected chi connectivity index (χ3v) is 2.05. The molecule has 0 N–H and O–H groups in total. The molecule has 2 rings (SSSR count). The minimum absolute atomic E-state index is 1.17. The number of aromatic nitrogens is 1. The van der Waals surface area contributed by atoms with E-state index < -0.39 is 0 Å². The fourth-order valence-corrected chi connectivity index (χ4v) is 1.28. The van der Waals surface area contributed by atoms with Crippen LogP contribution in [0.15, 0.2) is 48.8 Å². The molecule has 0 aliphatic rings. The van der Waals surface area contributed by atoms with Crippen molar-refractivity contribution in [1.29, 1.82) is 0 Å². The van der Waals surface area contributed by atoms with Crippen LogP contribution < -0.4 is 0 Å². The first kappa shape index (κ1) is 15.5. The molecular formula is C15H19NS. The summed E-state index contributed by atoms with van der Waals surface area (Å²) in [4.78, 5) is 4.08. The van der Waals surface area contributed by atoms with Gasteiger partial charge in [-0.1, -0.05) is 62.0 Å². The fourth-order valence-electron chi connectivity index (χ4n) is 1.28. The molecule has 0 aliphatic heterocycles. The van der Waals surface area contributed by atoms with Crippen LogP contribution in [0.1, 0.15) is 19.4 Å². The highest BCUT2D eigenvalue weighted by Gasteiger charge is 1.94. The Labute approximate surface area is 110 Å². The molecular weight excluding hydrogens is 226 g/mol. The first-order chi connectivity index (χ1) is 8.36. The van der Waals surface area contributed by atoms with Gasteiger partial charge in [0.15, 0.2) is 0 Å². The Balaban J connectivity index is 0.000000581. The smallest absolute Gasteiger partial charge is 0.0346 e. The molecule has 2 aromatic rings. The van der Waals surface area contributed by atoms with Crippen molar-refractivity contribution in [1.82, 2.24) is 4.98 Å². The van der Waals surface area contributed by atoms with E-state index in [0.717, 1.165) is 0 Å². The monoisotopic (exact) mass is 245 g/mol. The van der Waals surface area contributed by atoms with Gasteiger partial charge in [-0.2, -0.15) is 0 Å². The molecule has 0 unspecified atom stereocenters. The van der Waals surface area contributed by atoms with E-state index in [1.165, 1.54) is 16.7 Å². The first-order valence-corrected chi connectivity index (χ1v) is 6.20. The van der Waals surface area contributed by atoms with Crippen LogP contribution >= 0.6 is 12.2 Å². The summed E-state index contributed by atoms with van der Waals surface area (Å²) in [7, 11) is 0. The molecule has 1 aromatic carbocycles. The van der Waals surface area contributed by atoms with Crippen molar-refractivity contribution >= 4 is 18.1 Å². The molecule has 0 bridgehead atoms. The molecule has 0 saturated carbocycles. The maximum Gasteiger partial charge on any atom is 0.0346 e. The Morgan fingerprint density at radius 1 is 0.941 bits per heavy atom. The van der Waals surface area contributed by atoms with Gasteiger partial charge in [0.1, 0.15) is 0 Å². The number of benzene rings is 1. The number of hydrogen-bond acceptors (Lipinski definition) is 2. The van der Waals surface area contributed by atoms with Gasteiger partial charge in [0.2, 0.25) is 0 Å². The van der Waals surface area contributed by atoms with Gasteiger partial charge in [0.05, 0.1) is 0 Å². The summed E-state index contributed by atoms with van der Waals surface area (Å²) in [6.45, 7) is 6.09. The van der Waals surface area contributed by atoms with Crippen LogP contribution in [0.2, 0.25) is 0 Å². The molecule has 17 heavy (non-hydrogen) atoms. The average Bonchev–Trinajstić information content (AvgIpc) is 2.45. The third-order valence-electron chi connectivity index (χ3n) is 2.05. The second-order valence-corrected chi connectivity index (χ2v) is 3.11. The molecule has 0 fully saturated rings. The third kappa shape index (κ3) is 5.36. The van der Waals surface area contributed by atoms with Crippen molar-refractivity contribution in [2.75, 3.05) is 0 Å². The quantitative estimate of drug-likeness (QED) is 0.675. The molecule has 0 amide bonds. The number of hydrogen-bond donors (Lipinski definition) is 0. The predicted molar refractivity (Wildman–Crippen MR) is 80.5 cm³/mol. The van der Waals surface area contributed by atoms with Crippen LogP contribution in [0.25, 0.3) is 11.1 Å². The van der Waals surface area contributed by atoms with E-state index in [0.29, 0.717) is 0 Å². The molecule has 1 nitrogen and oxygen atoms in total. The molecule has 90 valence electrons. The van der Waals surface area contributed by atoms with Crippen LogP contribution in [0.5, 0.6) is 0 Å². The first-order valence-electron chi connectivity index (χ1n) is 5.62. The lowest BCUT2D eigenvalue weighted by Crippen LogP contribution is -1.78. The zero-order chi connectivity index (χ0) is 13.1. The predicted octanol–water partition coefficient (Wildman–Crippen LogP) is 4.70. The summed E-state index contributed by atoms with van der Waals surface area (Å²) in [5, 5.41) is 0. The second-order valence-electron chi connectivity index (χ2n) is 3.11. The number of rotatable bonds is 1. The lowest BCUT2D eigenvalue weighted by atomic mass is 10.1. The average molecular weight is 245 g/mol. The summed E-state index contributed by atoms with van der Waals surface area (Å²) in [6.07, 6.45) is 3.67. The van der Waals surface area contributed by atoms with E-state index in [1.807, 2.05) is 26.1 Å². The molecule has 0 spiro atoms. The van der Waals surface area contributed by atoms with Crippen molar-refractivity contribution in [3.05, 3.63) is 54.4 Å². The number of pyridine rings is 1. The van der Waals surface area contributed by atoms with Crippen LogP contribution in [0.4, 0.5) is 0 Å². The van der Waals surface area contributed by atoms with Gasteiger partial charge in [-0.15, -0.1) is 0 Å². The van der Waals surface area contributed by atoms with Gasteiger partial charge < -0.3 is 0 Å². The Morgan fingerprint density at radius 2 is 1.53 bits per heavy atom. The lowest BCUT2D eigenvalue weighted by molar-refractivity contribution is 1.33. The number of nitrogens with zero attached hydrogens (tertiary/aromatic N) is 1. The van der Waals surface area contributed by atoms with E-state index in [2.05, 4.69) is 60.3 Å². The topological polar surface area (TPSA) is 12.9 Å². The summed E-state index contributed by atoms with van der Waals surface area (Å²) < 4.78 is 0. The minimum atomic E-state index is 1.17. The van der Waals surface area contributed by atoms with Crippen molar-refractivity contribution in [2.45, 2.75) is 20.8 Å². The number of thiocarbonyl (C=S) groups is 1. The van der Waals surface area contributed by atoms with E-state index in [4.69, 9.17) is 0 Å². The zero-order valence-electron chi connectivity index (χ0n) is 10.7. The van der Waals surface area contributed by atoms with E-state index in [-0.39, 0.29) is 0 Å². The van der Waals surface area contributed by atoms with Gasteiger partial charge in [0.25, 0.3) is 0 Å². The van der Waals surface area contributed by atoms with Crippen LogP contribution in [0, 0.1) is 6.92 Å². The SMILES string of the molecule is C=S.CC.Cc1ccc(-c2cccnc2)cc1. The number of aryl methyl sites for hydroxylation is 1. The fraction of sp³-hybridized carbons (Fsp3) is 0.200. The highest BCUT2D eigenvalue weighted by atomic mass is 32.1. The zero-order valence-corrected chi connectivity index (χ0v) is 11.5.